The first-order valence-corrected chi connectivity index (χ1v) is 11.4. The first-order chi connectivity index (χ1) is 12.3. The molecule has 0 radical (unpaired) electrons. The molecule has 140 valence electrons. The molecule has 2 aromatic rings. The number of anilines is 2. The second-order valence-corrected chi connectivity index (χ2v) is 9.61. The topological polar surface area (TPSA) is 92.8 Å². The largest absolute Gasteiger partial charge is 0.378 e. The number of morpholine rings is 1. The van der Waals surface area contributed by atoms with Crippen LogP contribution in [0.5, 0.6) is 0 Å². The van der Waals surface area contributed by atoms with E-state index in [1.165, 1.54) is 24.3 Å². The van der Waals surface area contributed by atoms with Crippen molar-refractivity contribution in [3.05, 3.63) is 48.5 Å². The van der Waals surface area contributed by atoms with Crippen LogP contribution >= 0.6 is 0 Å². The molecule has 26 heavy (non-hydrogen) atoms. The number of rotatable bonds is 5. The Morgan fingerprint density at radius 2 is 1.58 bits per heavy atom. The molecule has 0 saturated carbocycles. The number of benzene rings is 2. The average Bonchev–Trinajstić information content (AvgIpc) is 2.62. The van der Waals surface area contributed by atoms with Crippen molar-refractivity contribution >= 4 is 31.2 Å². The molecule has 2 aromatic carbocycles. The van der Waals surface area contributed by atoms with Crippen molar-refractivity contribution in [1.29, 1.82) is 0 Å². The molecule has 3 rings (SSSR count). The highest BCUT2D eigenvalue weighted by Gasteiger charge is 2.23. The van der Waals surface area contributed by atoms with E-state index in [1.807, 2.05) is 6.07 Å². The van der Waals surface area contributed by atoms with Gasteiger partial charge in [0.15, 0.2) is 9.84 Å². The van der Waals surface area contributed by atoms with Crippen molar-refractivity contribution in [3.63, 3.8) is 0 Å². The molecule has 0 aromatic heterocycles. The molecule has 1 aliphatic heterocycles. The van der Waals surface area contributed by atoms with Gasteiger partial charge in [0.2, 0.25) is 0 Å². The predicted octanol–water partition coefficient (Wildman–Crippen LogP) is 1.73. The van der Waals surface area contributed by atoms with E-state index in [4.69, 9.17) is 4.74 Å². The highest BCUT2D eigenvalue weighted by Crippen LogP contribution is 2.26. The summed E-state index contributed by atoms with van der Waals surface area (Å²) < 4.78 is 57.1. The summed E-state index contributed by atoms with van der Waals surface area (Å²) in [7, 11) is -7.72. The van der Waals surface area contributed by atoms with Crippen LogP contribution in [0, 0.1) is 0 Å². The van der Waals surface area contributed by atoms with E-state index in [0.29, 0.717) is 18.9 Å². The SMILES string of the molecule is CS(=O)(=O)c1ccccc1S(=O)(=O)Nc1cccc(N2CCOCC2)c1. The van der Waals surface area contributed by atoms with Crippen molar-refractivity contribution < 1.29 is 21.6 Å². The lowest BCUT2D eigenvalue weighted by atomic mass is 10.2. The first kappa shape index (κ1) is 18.7. The molecule has 1 aliphatic rings. The highest BCUT2D eigenvalue weighted by atomic mass is 32.2. The van der Waals surface area contributed by atoms with Crippen molar-refractivity contribution in [1.82, 2.24) is 0 Å². The summed E-state index contributed by atoms with van der Waals surface area (Å²) in [6, 6.07) is 12.6. The Balaban J connectivity index is 1.92. The molecule has 0 atom stereocenters. The van der Waals surface area contributed by atoms with Gasteiger partial charge in [-0.1, -0.05) is 18.2 Å². The molecular formula is C17H20N2O5S2. The zero-order chi connectivity index (χ0) is 18.8. The molecular weight excluding hydrogens is 376 g/mol. The smallest absolute Gasteiger partial charge is 0.263 e. The molecule has 0 aliphatic carbocycles. The van der Waals surface area contributed by atoms with Crippen LogP contribution in [0.4, 0.5) is 11.4 Å². The van der Waals surface area contributed by atoms with Gasteiger partial charge >= 0.3 is 0 Å². The Kier molecular flexibility index (Phi) is 5.22. The van der Waals surface area contributed by atoms with E-state index in [-0.39, 0.29) is 9.79 Å². The van der Waals surface area contributed by atoms with E-state index < -0.39 is 19.9 Å². The minimum atomic E-state index is -4.05. The van der Waals surface area contributed by atoms with E-state index in [2.05, 4.69) is 9.62 Å². The third kappa shape index (κ3) is 4.17. The lowest BCUT2D eigenvalue weighted by Crippen LogP contribution is -2.36. The summed E-state index contributed by atoms with van der Waals surface area (Å²) in [5.74, 6) is 0. The maximum atomic E-state index is 12.7. The third-order valence-corrected chi connectivity index (χ3v) is 6.74. The van der Waals surface area contributed by atoms with Crippen LogP contribution in [0.3, 0.4) is 0 Å². The van der Waals surface area contributed by atoms with Gasteiger partial charge in [0.05, 0.1) is 23.8 Å². The summed E-state index contributed by atoms with van der Waals surface area (Å²) >= 11 is 0. The van der Waals surface area contributed by atoms with Crippen molar-refractivity contribution in [2.45, 2.75) is 9.79 Å². The second kappa shape index (κ2) is 7.26. The number of hydrogen-bond acceptors (Lipinski definition) is 6. The van der Waals surface area contributed by atoms with Crippen LogP contribution in [0.15, 0.2) is 58.3 Å². The number of sulfonamides is 1. The number of hydrogen-bond donors (Lipinski definition) is 1. The standard InChI is InChI=1S/C17H20N2O5S2/c1-25(20,21)16-7-2-3-8-17(16)26(22,23)18-14-5-4-6-15(13-14)19-9-11-24-12-10-19/h2-8,13,18H,9-12H2,1H3. The minimum Gasteiger partial charge on any atom is -0.378 e. The zero-order valence-corrected chi connectivity index (χ0v) is 15.9. The van der Waals surface area contributed by atoms with Crippen molar-refractivity contribution in [3.8, 4) is 0 Å². The Morgan fingerprint density at radius 1 is 0.923 bits per heavy atom. The van der Waals surface area contributed by atoms with Gasteiger partial charge in [-0.2, -0.15) is 0 Å². The lowest BCUT2D eigenvalue weighted by molar-refractivity contribution is 0.122. The van der Waals surface area contributed by atoms with Gasteiger partial charge in [-0.05, 0) is 30.3 Å². The number of nitrogens with one attached hydrogen (secondary N) is 1. The Morgan fingerprint density at radius 3 is 2.23 bits per heavy atom. The van der Waals surface area contributed by atoms with Crippen LogP contribution in [0.25, 0.3) is 0 Å². The maximum Gasteiger partial charge on any atom is 0.263 e. The van der Waals surface area contributed by atoms with Crippen LogP contribution < -0.4 is 9.62 Å². The van der Waals surface area contributed by atoms with Crippen LogP contribution in [-0.2, 0) is 24.6 Å². The predicted molar refractivity (Wildman–Crippen MR) is 99.8 cm³/mol. The van der Waals surface area contributed by atoms with Gasteiger partial charge < -0.3 is 9.64 Å². The molecule has 0 unspecified atom stereocenters. The average molecular weight is 396 g/mol. The number of sulfone groups is 1. The summed E-state index contributed by atoms with van der Waals surface area (Å²) in [4.78, 5) is 1.61. The lowest BCUT2D eigenvalue weighted by Gasteiger charge is -2.29. The summed E-state index contributed by atoms with van der Waals surface area (Å²) in [6.45, 7) is 2.70. The third-order valence-electron chi connectivity index (χ3n) is 4.01. The van der Waals surface area contributed by atoms with Gasteiger partial charge in [0.25, 0.3) is 10.0 Å². The molecule has 1 N–H and O–H groups in total. The van der Waals surface area contributed by atoms with E-state index in [9.17, 15) is 16.8 Å². The van der Waals surface area contributed by atoms with Gasteiger partial charge in [-0.25, -0.2) is 16.8 Å². The molecule has 0 spiro atoms. The normalized spacial score (nSPS) is 15.7. The Hall–Kier alpha value is -2.10. The van der Waals surface area contributed by atoms with E-state index >= 15 is 0 Å². The van der Waals surface area contributed by atoms with Crippen molar-refractivity contribution in [2.24, 2.45) is 0 Å². The van der Waals surface area contributed by atoms with Gasteiger partial charge in [-0.15, -0.1) is 0 Å². The first-order valence-electron chi connectivity index (χ1n) is 8.02. The molecule has 0 bridgehead atoms. The van der Waals surface area contributed by atoms with E-state index in [0.717, 1.165) is 25.0 Å². The van der Waals surface area contributed by atoms with Crippen LogP contribution in [-0.4, -0.2) is 49.4 Å². The maximum absolute atomic E-state index is 12.7. The van der Waals surface area contributed by atoms with Crippen LogP contribution in [0.2, 0.25) is 0 Å². The van der Waals surface area contributed by atoms with E-state index in [1.54, 1.807) is 18.2 Å². The Bertz CT molecular complexity index is 997. The highest BCUT2D eigenvalue weighted by molar-refractivity contribution is 7.95. The molecule has 1 heterocycles. The summed E-state index contributed by atoms with van der Waals surface area (Å²) in [6.07, 6.45) is 0.987. The second-order valence-electron chi connectivity index (χ2n) is 5.97. The number of ether oxygens (including phenoxy) is 1. The van der Waals surface area contributed by atoms with Gasteiger partial charge in [0, 0.05) is 25.0 Å². The van der Waals surface area contributed by atoms with Gasteiger partial charge in [-0.3, -0.25) is 4.72 Å². The molecule has 7 nitrogen and oxygen atoms in total. The van der Waals surface area contributed by atoms with Crippen LogP contribution in [0.1, 0.15) is 0 Å². The number of nitrogens with zero attached hydrogens (tertiary/aromatic N) is 1. The molecule has 0 amide bonds. The summed E-state index contributed by atoms with van der Waals surface area (Å²) in [5.41, 5.74) is 1.25. The van der Waals surface area contributed by atoms with Crippen molar-refractivity contribution in [2.75, 3.05) is 42.2 Å². The fourth-order valence-electron chi connectivity index (χ4n) is 2.78. The Labute approximate surface area is 153 Å². The monoisotopic (exact) mass is 396 g/mol. The van der Waals surface area contributed by atoms with Gasteiger partial charge in [0.1, 0.15) is 4.90 Å². The molecule has 1 fully saturated rings. The fourth-order valence-corrected chi connectivity index (χ4v) is 5.46. The molecule has 1 saturated heterocycles. The minimum absolute atomic E-state index is 0.225. The summed E-state index contributed by atoms with van der Waals surface area (Å²) in [5, 5.41) is 0. The fraction of sp³-hybridized carbons (Fsp3) is 0.294. The quantitative estimate of drug-likeness (QED) is 0.827. The zero-order valence-electron chi connectivity index (χ0n) is 14.3. The molecule has 9 heteroatoms.